The molecule has 4 nitrogen and oxygen atoms in total. The molecule has 3 aromatic carbocycles. The molecule has 3 aromatic rings. The van der Waals surface area contributed by atoms with Gasteiger partial charge in [0.15, 0.2) is 0 Å². The van der Waals surface area contributed by atoms with E-state index in [1.54, 1.807) is 0 Å². The molecule has 1 N–H and O–H groups in total. The first-order valence-electron chi connectivity index (χ1n) is 10.3. The highest BCUT2D eigenvalue weighted by atomic mass is 16.5. The van der Waals surface area contributed by atoms with E-state index >= 15 is 0 Å². The minimum absolute atomic E-state index is 0.0453. The number of hydrogen-bond acceptors (Lipinski definition) is 3. The fourth-order valence-electron chi connectivity index (χ4n) is 3.89. The third-order valence-corrected chi connectivity index (χ3v) is 5.38. The van der Waals surface area contributed by atoms with Gasteiger partial charge in [-0.3, -0.25) is 0 Å². The summed E-state index contributed by atoms with van der Waals surface area (Å²) in [6, 6.07) is 24.3. The highest BCUT2D eigenvalue weighted by molar-refractivity contribution is 5.79. The number of carbonyl (C=O) groups excluding carboxylic acids is 1. The number of carbonyl (C=O) groups is 1. The smallest absolute Gasteiger partial charge is 0.407 e. The van der Waals surface area contributed by atoms with Gasteiger partial charge in [-0.25, -0.2) is 4.79 Å². The normalized spacial score (nSPS) is 11.5. The number of alkyl carbamates (subject to hydrolysis) is 1. The first-order valence-corrected chi connectivity index (χ1v) is 10.3. The maximum Gasteiger partial charge on any atom is 0.407 e. The molecule has 0 atom stereocenters. The van der Waals surface area contributed by atoms with Crippen molar-refractivity contribution in [1.29, 1.82) is 5.26 Å². The van der Waals surface area contributed by atoms with Crippen LogP contribution in [0.1, 0.15) is 40.2 Å². The summed E-state index contributed by atoms with van der Waals surface area (Å²) in [4.78, 5) is 12.2. The van der Waals surface area contributed by atoms with E-state index in [1.165, 1.54) is 22.3 Å². The van der Waals surface area contributed by atoms with Crippen LogP contribution in [0.3, 0.4) is 0 Å². The summed E-state index contributed by atoms with van der Waals surface area (Å²) >= 11 is 0. The molecule has 4 rings (SSSR count). The lowest BCUT2D eigenvalue weighted by Crippen LogP contribution is -2.26. The molecule has 0 spiro atoms. The Morgan fingerprint density at radius 1 is 1.00 bits per heavy atom. The SMILES string of the molecule is Cc1ccc(C#CCCNC(=O)OCC2c3ccccc3-c3ccccc32)c(C#N)c1. The van der Waals surface area contributed by atoms with E-state index < -0.39 is 6.09 Å². The lowest BCUT2D eigenvalue weighted by Gasteiger charge is -2.14. The molecule has 0 bridgehead atoms. The standard InChI is InChI=1S/C27H22N2O2/c1-19-13-14-20(21(16-19)17-28)8-6-7-15-29-27(30)31-18-26-24-11-4-2-9-22(24)23-10-3-5-12-25(23)26/h2-5,9-14,16,26H,7,15,18H2,1H3,(H,29,30). The largest absolute Gasteiger partial charge is 0.449 e. The van der Waals surface area contributed by atoms with Crippen molar-refractivity contribution in [3.05, 3.63) is 94.5 Å². The summed E-state index contributed by atoms with van der Waals surface area (Å²) < 4.78 is 5.51. The van der Waals surface area contributed by atoms with Crippen LogP contribution in [-0.4, -0.2) is 19.2 Å². The second-order valence-corrected chi connectivity index (χ2v) is 7.46. The van der Waals surface area contributed by atoms with Gasteiger partial charge in [-0.15, -0.1) is 0 Å². The number of nitriles is 1. The number of nitrogens with zero attached hydrogens (tertiary/aromatic N) is 1. The highest BCUT2D eigenvalue weighted by Gasteiger charge is 2.28. The molecular weight excluding hydrogens is 384 g/mol. The van der Waals surface area contributed by atoms with Crippen LogP contribution in [0.2, 0.25) is 0 Å². The van der Waals surface area contributed by atoms with Gasteiger partial charge in [-0.1, -0.05) is 66.4 Å². The van der Waals surface area contributed by atoms with Crippen molar-refractivity contribution in [2.75, 3.05) is 13.2 Å². The molecule has 0 radical (unpaired) electrons. The first kappa shape index (κ1) is 20.3. The number of ether oxygens (including phenoxy) is 1. The first-order chi connectivity index (χ1) is 15.2. The Labute approximate surface area is 182 Å². The zero-order chi connectivity index (χ0) is 21.6. The third-order valence-electron chi connectivity index (χ3n) is 5.38. The number of rotatable bonds is 4. The Hall–Kier alpha value is -4.02. The molecule has 0 aromatic heterocycles. The van der Waals surface area contributed by atoms with E-state index in [-0.39, 0.29) is 5.92 Å². The van der Waals surface area contributed by atoms with Crippen LogP contribution in [0, 0.1) is 30.1 Å². The van der Waals surface area contributed by atoms with E-state index in [2.05, 4.69) is 47.5 Å². The van der Waals surface area contributed by atoms with Gasteiger partial charge in [0.25, 0.3) is 0 Å². The summed E-state index contributed by atoms with van der Waals surface area (Å²) in [6.07, 6.45) is 0.0277. The quantitative estimate of drug-likeness (QED) is 0.482. The lowest BCUT2D eigenvalue weighted by atomic mass is 9.98. The number of hydrogen-bond donors (Lipinski definition) is 1. The topological polar surface area (TPSA) is 62.1 Å². The summed E-state index contributed by atoms with van der Waals surface area (Å²) in [6.45, 7) is 2.62. The van der Waals surface area contributed by atoms with E-state index in [4.69, 9.17) is 4.74 Å². The summed E-state index contributed by atoms with van der Waals surface area (Å²) in [5, 5.41) is 11.9. The zero-order valence-corrected chi connectivity index (χ0v) is 17.3. The third kappa shape index (κ3) is 4.44. The van der Waals surface area contributed by atoms with Gasteiger partial charge in [0.05, 0.1) is 5.56 Å². The maximum atomic E-state index is 12.2. The van der Waals surface area contributed by atoms with Crippen LogP contribution in [0.5, 0.6) is 0 Å². The molecule has 1 amide bonds. The van der Waals surface area contributed by atoms with Crippen molar-refractivity contribution >= 4 is 6.09 Å². The Kier molecular flexibility index (Phi) is 6.01. The predicted octanol–water partition coefficient (Wildman–Crippen LogP) is 5.15. The van der Waals surface area contributed by atoms with Gasteiger partial charge >= 0.3 is 6.09 Å². The number of benzene rings is 3. The average Bonchev–Trinajstić information content (AvgIpc) is 3.12. The van der Waals surface area contributed by atoms with Crippen LogP contribution in [0.25, 0.3) is 11.1 Å². The molecule has 0 saturated carbocycles. The predicted molar refractivity (Wildman–Crippen MR) is 120 cm³/mol. The van der Waals surface area contributed by atoms with Crippen LogP contribution in [0.4, 0.5) is 4.79 Å². The summed E-state index contributed by atoms with van der Waals surface area (Å²) in [5.41, 5.74) is 7.08. The minimum atomic E-state index is -0.447. The Balaban J connectivity index is 1.30. The molecule has 152 valence electrons. The number of nitrogens with one attached hydrogen (secondary N) is 1. The van der Waals surface area contributed by atoms with Crippen LogP contribution in [-0.2, 0) is 4.74 Å². The van der Waals surface area contributed by atoms with Crippen molar-refractivity contribution in [1.82, 2.24) is 5.32 Å². The fraction of sp³-hybridized carbons (Fsp3) is 0.185. The van der Waals surface area contributed by atoms with E-state index in [1.807, 2.05) is 49.4 Å². The molecule has 1 aliphatic rings. The highest BCUT2D eigenvalue weighted by Crippen LogP contribution is 2.44. The van der Waals surface area contributed by atoms with E-state index in [9.17, 15) is 10.1 Å². The monoisotopic (exact) mass is 406 g/mol. The Morgan fingerprint density at radius 3 is 2.35 bits per heavy atom. The summed E-state index contributed by atoms with van der Waals surface area (Å²) in [7, 11) is 0. The summed E-state index contributed by atoms with van der Waals surface area (Å²) in [5.74, 6) is 6.05. The maximum absolute atomic E-state index is 12.2. The Bertz CT molecular complexity index is 1180. The average molecular weight is 406 g/mol. The molecule has 31 heavy (non-hydrogen) atoms. The van der Waals surface area contributed by atoms with Gasteiger partial charge in [-0.05, 0) is 46.9 Å². The van der Waals surface area contributed by atoms with Crippen molar-refractivity contribution in [2.45, 2.75) is 19.3 Å². The molecule has 0 aliphatic heterocycles. The van der Waals surface area contributed by atoms with Crippen LogP contribution in [0.15, 0.2) is 66.7 Å². The van der Waals surface area contributed by atoms with Crippen molar-refractivity contribution in [3.63, 3.8) is 0 Å². The molecule has 1 aliphatic carbocycles. The minimum Gasteiger partial charge on any atom is -0.449 e. The second kappa shape index (κ2) is 9.20. The van der Waals surface area contributed by atoms with Crippen LogP contribution >= 0.6 is 0 Å². The van der Waals surface area contributed by atoms with Gasteiger partial charge in [-0.2, -0.15) is 5.26 Å². The van der Waals surface area contributed by atoms with Crippen molar-refractivity contribution in [3.8, 4) is 29.0 Å². The lowest BCUT2D eigenvalue weighted by molar-refractivity contribution is 0.143. The van der Waals surface area contributed by atoms with Gasteiger partial charge in [0.1, 0.15) is 12.7 Å². The molecule has 0 heterocycles. The number of fused-ring (bicyclic) bond motifs is 3. The van der Waals surface area contributed by atoms with Crippen molar-refractivity contribution < 1.29 is 9.53 Å². The second-order valence-electron chi connectivity index (χ2n) is 7.46. The number of amides is 1. The van der Waals surface area contributed by atoms with Gasteiger partial charge in [0, 0.05) is 24.4 Å². The van der Waals surface area contributed by atoms with Crippen LogP contribution < -0.4 is 5.32 Å². The molecular formula is C27H22N2O2. The fourth-order valence-corrected chi connectivity index (χ4v) is 3.89. The Morgan fingerprint density at radius 2 is 1.68 bits per heavy atom. The zero-order valence-electron chi connectivity index (χ0n) is 17.3. The molecule has 0 fully saturated rings. The van der Waals surface area contributed by atoms with Gasteiger partial charge < -0.3 is 10.1 Å². The molecule has 0 saturated heterocycles. The van der Waals surface area contributed by atoms with Crippen molar-refractivity contribution in [2.24, 2.45) is 0 Å². The molecule has 0 unspecified atom stereocenters. The van der Waals surface area contributed by atoms with E-state index in [0.717, 1.165) is 5.56 Å². The molecule has 4 heteroatoms. The number of aryl methyl sites for hydroxylation is 1. The van der Waals surface area contributed by atoms with Gasteiger partial charge in [0.2, 0.25) is 0 Å². The van der Waals surface area contributed by atoms with E-state index in [0.29, 0.717) is 30.7 Å².